The molecule has 0 saturated carbocycles. The number of aliphatic carboxylic acids is 1. The van der Waals surface area contributed by atoms with Gasteiger partial charge in [0.25, 0.3) is 0 Å². The molecule has 2 N–H and O–H groups in total. The van der Waals surface area contributed by atoms with Gasteiger partial charge >= 0.3 is 18.0 Å². The molecule has 0 bridgehead atoms. The number of carbonyl (C=O) groups excluding carboxylic acids is 2. The standard InChI is InChI=1S/C18H25NO6/c1-2-3-11-24-17(22)12-15(9-10-16(20)21)19-18(23)25-13-14-7-5-4-6-8-14/h4-8,15H,2-3,9-13H2,1H3,(H,19,23)(H,20,21)/t15-/m0/s1. The Labute approximate surface area is 147 Å². The van der Waals surface area contributed by atoms with Crippen molar-refractivity contribution < 1.29 is 29.0 Å². The van der Waals surface area contributed by atoms with Gasteiger partial charge in [0.05, 0.1) is 13.0 Å². The number of ether oxygens (including phenoxy) is 2. The van der Waals surface area contributed by atoms with E-state index < -0.39 is 24.1 Å². The fraction of sp³-hybridized carbons (Fsp3) is 0.500. The van der Waals surface area contributed by atoms with Crippen LogP contribution in [0.1, 0.15) is 44.6 Å². The van der Waals surface area contributed by atoms with Crippen LogP contribution in [0.5, 0.6) is 0 Å². The maximum Gasteiger partial charge on any atom is 0.407 e. The molecule has 1 aromatic carbocycles. The fourth-order valence-corrected chi connectivity index (χ4v) is 2.04. The molecule has 7 heteroatoms. The summed E-state index contributed by atoms with van der Waals surface area (Å²) in [7, 11) is 0. The van der Waals surface area contributed by atoms with Crippen molar-refractivity contribution in [3.8, 4) is 0 Å². The molecule has 7 nitrogen and oxygen atoms in total. The molecule has 1 rings (SSSR count). The lowest BCUT2D eigenvalue weighted by molar-refractivity contribution is -0.145. The Hall–Kier alpha value is -2.57. The van der Waals surface area contributed by atoms with Crippen molar-refractivity contribution >= 4 is 18.0 Å². The highest BCUT2D eigenvalue weighted by atomic mass is 16.5. The van der Waals surface area contributed by atoms with Crippen LogP contribution in [0.25, 0.3) is 0 Å². The summed E-state index contributed by atoms with van der Waals surface area (Å²) in [5.41, 5.74) is 0.832. The van der Waals surface area contributed by atoms with Crippen LogP contribution in [-0.2, 0) is 25.7 Å². The van der Waals surface area contributed by atoms with Crippen molar-refractivity contribution in [3.63, 3.8) is 0 Å². The van der Waals surface area contributed by atoms with Crippen molar-refractivity contribution in [2.24, 2.45) is 0 Å². The molecule has 25 heavy (non-hydrogen) atoms. The van der Waals surface area contributed by atoms with Crippen LogP contribution in [0, 0.1) is 0 Å². The maximum atomic E-state index is 11.9. The van der Waals surface area contributed by atoms with Gasteiger partial charge in [0.15, 0.2) is 0 Å². The van der Waals surface area contributed by atoms with E-state index in [-0.39, 0.29) is 25.9 Å². The highest BCUT2D eigenvalue weighted by Crippen LogP contribution is 2.07. The number of unbranched alkanes of at least 4 members (excludes halogenated alkanes) is 1. The van der Waals surface area contributed by atoms with Crippen molar-refractivity contribution in [2.45, 2.75) is 51.7 Å². The second-order valence-corrected chi connectivity index (χ2v) is 5.61. The average Bonchev–Trinajstić information content (AvgIpc) is 2.59. The highest BCUT2D eigenvalue weighted by Gasteiger charge is 2.19. The van der Waals surface area contributed by atoms with Crippen molar-refractivity contribution in [1.82, 2.24) is 5.32 Å². The third kappa shape index (κ3) is 10.0. The molecule has 0 aliphatic rings. The molecule has 0 heterocycles. The number of nitrogens with one attached hydrogen (secondary N) is 1. The summed E-state index contributed by atoms with van der Waals surface area (Å²) >= 11 is 0. The smallest absolute Gasteiger partial charge is 0.407 e. The number of rotatable bonds is 11. The zero-order valence-corrected chi connectivity index (χ0v) is 14.4. The zero-order valence-electron chi connectivity index (χ0n) is 14.4. The normalized spacial score (nSPS) is 11.4. The Morgan fingerprint density at radius 1 is 1.16 bits per heavy atom. The largest absolute Gasteiger partial charge is 0.481 e. The topological polar surface area (TPSA) is 102 Å². The van der Waals surface area contributed by atoms with E-state index in [0.29, 0.717) is 6.61 Å². The minimum absolute atomic E-state index is 0.0859. The first kappa shape index (κ1) is 20.5. The number of amides is 1. The maximum absolute atomic E-state index is 11.9. The van der Waals surface area contributed by atoms with E-state index in [1.165, 1.54) is 0 Å². The van der Waals surface area contributed by atoms with E-state index in [4.69, 9.17) is 14.6 Å². The number of carbonyl (C=O) groups is 3. The minimum atomic E-state index is -0.996. The van der Waals surface area contributed by atoms with E-state index in [1.54, 1.807) is 0 Å². The predicted molar refractivity (Wildman–Crippen MR) is 90.9 cm³/mol. The summed E-state index contributed by atoms with van der Waals surface area (Å²) < 4.78 is 10.1. The summed E-state index contributed by atoms with van der Waals surface area (Å²) in [6.45, 7) is 2.40. The van der Waals surface area contributed by atoms with Gasteiger partial charge in [-0.1, -0.05) is 43.7 Å². The van der Waals surface area contributed by atoms with Crippen LogP contribution in [0.4, 0.5) is 4.79 Å². The van der Waals surface area contributed by atoms with Gasteiger partial charge in [-0.25, -0.2) is 4.79 Å². The Bertz CT molecular complexity index is 546. The second-order valence-electron chi connectivity index (χ2n) is 5.61. The lowest BCUT2D eigenvalue weighted by Crippen LogP contribution is -2.37. The molecule has 1 atom stereocenters. The number of carboxylic acid groups (broad SMARTS) is 1. The number of alkyl carbamates (subject to hydrolysis) is 1. The third-order valence-corrected chi connectivity index (χ3v) is 3.42. The molecule has 0 spiro atoms. The van der Waals surface area contributed by atoms with Gasteiger partial charge in [0.2, 0.25) is 0 Å². The van der Waals surface area contributed by atoms with Gasteiger partial charge in [-0.2, -0.15) is 0 Å². The van der Waals surface area contributed by atoms with E-state index in [0.717, 1.165) is 18.4 Å². The highest BCUT2D eigenvalue weighted by molar-refractivity contribution is 5.73. The molecule has 0 aromatic heterocycles. The first-order valence-corrected chi connectivity index (χ1v) is 8.36. The third-order valence-electron chi connectivity index (χ3n) is 3.42. The van der Waals surface area contributed by atoms with E-state index in [2.05, 4.69) is 5.32 Å². The summed E-state index contributed by atoms with van der Waals surface area (Å²) in [6.07, 6.45) is 0.848. The number of esters is 1. The molecular weight excluding hydrogens is 326 g/mol. The summed E-state index contributed by atoms with van der Waals surface area (Å²) in [4.78, 5) is 34.4. The molecule has 138 valence electrons. The summed E-state index contributed by atoms with van der Waals surface area (Å²) in [5, 5.41) is 11.3. The van der Waals surface area contributed by atoms with E-state index in [1.807, 2.05) is 37.3 Å². The van der Waals surface area contributed by atoms with Crippen LogP contribution >= 0.6 is 0 Å². The van der Waals surface area contributed by atoms with Gasteiger partial charge in [0.1, 0.15) is 6.61 Å². The Balaban J connectivity index is 2.46. The van der Waals surface area contributed by atoms with Crippen LogP contribution < -0.4 is 5.32 Å². The Morgan fingerprint density at radius 3 is 2.52 bits per heavy atom. The van der Waals surface area contributed by atoms with Gasteiger partial charge < -0.3 is 19.9 Å². The van der Waals surface area contributed by atoms with Crippen LogP contribution in [0.15, 0.2) is 30.3 Å². The molecule has 1 amide bonds. The second kappa shape index (κ2) is 11.9. The van der Waals surface area contributed by atoms with Gasteiger partial charge in [-0.15, -0.1) is 0 Å². The van der Waals surface area contributed by atoms with Crippen LogP contribution in [-0.4, -0.2) is 35.8 Å². The summed E-state index contributed by atoms with van der Waals surface area (Å²) in [5.74, 6) is -1.46. The number of hydrogen-bond donors (Lipinski definition) is 2. The number of benzene rings is 1. The van der Waals surface area contributed by atoms with Gasteiger partial charge in [0, 0.05) is 12.5 Å². The minimum Gasteiger partial charge on any atom is -0.481 e. The Morgan fingerprint density at radius 2 is 1.88 bits per heavy atom. The molecule has 0 unspecified atom stereocenters. The fourth-order valence-electron chi connectivity index (χ4n) is 2.04. The molecule has 0 aliphatic heterocycles. The van der Waals surface area contributed by atoms with Crippen molar-refractivity contribution in [2.75, 3.05) is 6.61 Å². The van der Waals surface area contributed by atoms with E-state index >= 15 is 0 Å². The zero-order chi connectivity index (χ0) is 18.5. The quantitative estimate of drug-likeness (QED) is 0.469. The van der Waals surface area contributed by atoms with Gasteiger partial charge in [-0.05, 0) is 18.4 Å². The molecule has 0 saturated heterocycles. The molecule has 0 fully saturated rings. The van der Waals surface area contributed by atoms with Crippen molar-refractivity contribution in [3.05, 3.63) is 35.9 Å². The molecule has 1 aromatic rings. The van der Waals surface area contributed by atoms with Crippen molar-refractivity contribution in [1.29, 1.82) is 0 Å². The van der Waals surface area contributed by atoms with Crippen LogP contribution in [0.2, 0.25) is 0 Å². The lowest BCUT2D eigenvalue weighted by Gasteiger charge is -2.17. The Kier molecular flexibility index (Phi) is 9.74. The lowest BCUT2D eigenvalue weighted by atomic mass is 10.1. The van der Waals surface area contributed by atoms with Gasteiger partial charge in [-0.3, -0.25) is 9.59 Å². The number of hydrogen-bond acceptors (Lipinski definition) is 5. The average molecular weight is 351 g/mol. The molecular formula is C18H25NO6. The van der Waals surface area contributed by atoms with Crippen LogP contribution in [0.3, 0.4) is 0 Å². The monoisotopic (exact) mass is 351 g/mol. The molecule has 0 radical (unpaired) electrons. The first-order chi connectivity index (χ1) is 12.0. The van der Waals surface area contributed by atoms with E-state index in [9.17, 15) is 14.4 Å². The first-order valence-electron chi connectivity index (χ1n) is 8.36. The summed E-state index contributed by atoms with van der Waals surface area (Å²) in [6, 6.07) is 8.52. The SMILES string of the molecule is CCCCOC(=O)C[C@H](CCC(=O)O)NC(=O)OCc1ccccc1. The number of carboxylic acids is 1. The molecule has 0 aliphatic carbocycles. The predicted octanol–water partition coefficient (Wildman–Crippen LogP) is 2.88.